The summed E-state index contributed by atoms with van der Waals surface area (Å²) in [4.78, 5) is 0. The van der Waals surface area contributed by atoms with Gasteiger partial charge in [0.2, 0.25) is 0 Å². The highest BCUT2D eigenvalue weighted by molar-refractivity contribution is 5.42. The molecule has 0 aromatic heterocycles. The molecule has 3 nitrogen and oxygen atoms in total. The standard InChI is InChI=1S/C18H29NO2/c1-5-7-13(3)12-21-17-10-14-8-9-15(20-4)11-16(14)18(17)19-6-2/h8-9,11,13,17-19H,5-7,10,12H2,1-4H3. The van der Waals surface area contributed by atoms with Crippen molar-refractivity contribution in [3.8, 4) is 5.75 Å². The Morgan fingerprint density at radius 3 is 2.81 bits per heavy atom. The first-order valence-electron chi connectivity index (χ1n) is 8.21. The van der Waals surface area contributed by atoms with Crippen LogP contribution in [0.4, 0.5) is 0 Å². The van der Waals surface area contributed by atoms with Crippen LogP contribution in [-0.2, 0) is 11.2 Å². The second-order valence-electron chi connectivity index (χ2n) is 6.07. The second-order valence-corrected chi connectivity index (χ2v) is 6.07. The van der Waals surface area contributed by atoms with Gasteiger partial charge < -0.3 is 14.8 Å². The summed E-state index contributed by atoms with van der Waals surface area (Å²) in [6, 6.07) is 6.66. The van der Waals surface area contributed by atoms with Crippen molar-refractivity contribution in [1.29, 1.82) is 0 Å². The third kappa shape index (κ3) is 3.98. The van der Waals surface area contributed by atoms with Gasteiger partial charge in [-0.3, -0.25) is 0 Å². The van der Waals surface area contributed by atoms with E-state index < -0.39 is 0 Å². The summed E-state index contributed by atoms with van der Waals surface area (Å²) in [5, 5.41) is 3.58. The minimum atomic E-state index is 0.242. The van der Waals surface area contributed by atoms with Gasteiger partial charge in [0, 0.05) is 13.0 Å². The maximum absolute atomic E-state index is 6.24. The van der Waals surface area contributed by atoms with Crippen LogP contribution in [-0.4, -0.2) is 26.4 Å². The highest BCUT2D eigenvalue weighted by Crippen LogP contribution is 2.36. The minimum absolute atomic E-state index is 0.242. The van der Waals surface area contributed by atoms with Gasteiger partial charge in [0.15, 0.2) is 0 Å². The van der Waals surface area contributed by atoms with Crippen LogP contribution in [0.2, 0.25) is 0 Å². The van der Waals surface area contributed by atoms with Crippen molar-refractivity contribution in [2.75, 3.05) is 20.3 Å². The molecule has 1 N–H and O–H groups in total. The number of ether oxygens (including phenoxy) is 2. The van der Waals surface area contributed by atoms with E-state index in [9.17, 15) is 0 Å². The Labute approximate surface area is 129 Å². The number of hydrogen-bond acceptors (Lipinski definition) is 3. The van der Waals surface area contributed by atoms with E-state index in [1.807, 2.05) is 6.07 Å². The van der Waals surface area contributed by atoms with Gasteiger partial charge in [-0.1, -0.05) is 33.3 Å². The molecule has 1 aromatic carbocycles. The Bertz CT molecular complexity index is 447. The van der Waals surface area contributed by atoms with E-state index in [4.69, 9.17) is 9.47 Å². The van der Waals surface area contributed by atoms with Crippen LogP contribution in [0.5, 0.6) is 5.75 Å². The van der Waals surface area contributed by atoms with E-state index in [0.29, 0.717) is 5.92 Å². The van der Waals surface area contributed by atoms with Gasteiger partial charge in [0.1, 0.15) is 5.75 Å². The monoisotopic (exact) mass is 291 g/mol. The lowest BCUT2D eigenvalue weighted by Gasteiger charge is -2.23. The van der Waals surface area contributed by atoms with E-state index in [0.717, 1.165) is 25.3 Å². The molecule has 0 saturated carbocycles. The molecule has 21 heavy (non-hydrogen) atoms. The first-order valence-corrected chi connectivity index (χ1v) is 8.21. The molecule has 1 aliphatic rings. The Hall–Kier alpha value is -1.06. The summed E-state index contributed by atoms with van der Waals surface area (Å²) in [5.41, 5.74) is 2.72. The van der Waals surface area contributed by atoms with Crippen LogP contribution >= 0.6 is 0 Å². The molecule has 0 aliphatic heterocycles. The predicted octanol–water partition coefficient (Wildman–Crippen LogP) is 3.72. The van der Waals surface area contributed by atoms with Crippen LogP contribution in [0.1, 0.15) is 50.8 Å². The lowest BCUT2D eigenvalue weighted by molar-refractivity contribution is 0.0151. The van der Waals surface area contributed by atoms with E-state index in [1.54, 1.807) is 7.11 Å². The highest BCUT2D eigenvalue weighted by atomic mass is 16.5. The van der Waals surface area contributed by atoms with Crippen molar-refractivity contribution in [3.63, 3.8) is 0 Å². The minimum Gasteiger partial charge on any atom is -0.497 e. The van der Waals surface area contributed by atoms with Crippen molar-refractivity contribution in [2.45, 2.75) is 52.2 Å². The van der Waals surface area contributed by atoms with Crippen LogP contribution < -0.4 is 10.1 Å². The average molecular weight is 291 g/mol. The largest absolute Gasteiger partial charge is 0.497 e. The molecule has 0 amide bonds. The Morgan fingerprint density at radius 1 is 1.33 bits per heavy atom. The number of benzene rings is 1. The summed E-state index contributed by atoms with van der Waals surface area (Å²) in [5.74, 6) is 1.56. The highest BCUT2D eigenvalue weighted by Gasteiger charge is 2.33. The summed E-state index contributed by atoms with van der Waals surface area (Å²) < 4.78 is 11.6. The smallest absolute Gasteiger partial charge is 0.119 e. The van der Waals surface area contributed by atoms with Gasteiger partial charge in [-0.15, -0.1) is 0 Å². The molecule has 0 fully saturated rings. The van der Waals surface area contributed by atoms with E-state index in [1.165, 1.54) is 24.0 Å². The van der Waals surface area contributed by atoms with E-state index in [2.05, 4.69) is 38.2 Å². The molecule has 0 saturated heterocycles. The number of fused-ring (bicyclic) bond motifs is 1. The van der Waals surface area contributed by atoms with Crippen molar-refractivity contribution < 1.29 is 9.47 Å². The fourth-order valence-corrected chi connectivity index (χ4v) is 3.19. The molecule has 2 rings (SSSR count). The maximum atomic E-state index is 6.24. The molecular weight excluding hydrogens is 262 g/mol. The molecule has 1 aliphatic carbocycles. The molecule has 0 spiro atoms. The van der Waals surface area contributed by atoms with Gasteiger partial charge in [-0.05, 0) is 42.1 Å². The third-order valence-corrected chi connectivity index (χ3v) is 4.28. The quantitative estimate of drug-likeness (QED) is 0.792. The van der Waals surface area contributed by atoms with Gasteiger partial charge >= 0.3 is 0 Å². The Kier molecular flexibility index (Phi) is 6.07. The topological polar surface area (TPSA) is 30.5 Å². The van der Waals surface area contributed by atoms with Crippen molar-refractivity contribution in [1.82, 2.24) is 5.32 Å². The Morgan fingerprint density at radius 2 is 2.14 bits per heavy atom. The van der Waals surface area contributed by atoms with Crippen molar-refractivity contribution in [3.05, 3.63) is 29.3 Å². The average Bonchev–Trinajstić information content (AvgIpc) is 2.83. The lowest BCUT2D eigenvalue weighted by atomic mass is 10.1. The SMILES string of the molecule is CCCC(C)COC1Cc2ccc(OC)cc2C1NCC. The fraction of sp³-hybridized carbons (Fsp3) is 0.667. The lowest BCUT2D eigenvalue weighted by Crippen LogP contribution is -2.31. The van der Waals surface area contributed by atoms with Gasteiger partial charge in [0.25, 0.3) is 0 Å². The zero-order valence-electron chi connectivity index (χ0n) is 13.8. The number of methoxy groups -OCH3 is 1. The predicted molar refractivity (Wildman–Crippen MR) is 86.9 cm³/mol. The summed E-state index contributed by atoms with van der Waals surface area (Å²) >= 11 is 0. The summed E-state index contributed by atoms with van der Waals surface area (Å²) in [6.07, 6.45) is 3.70. The van der Waals surface area contributed by atoms with Gasteiger partial charge in [-0.2, -0.15) is 0 Å². The molecule has 0 heterocycles. The molecule has 1 aromatic rings. The summed E-state index contributed by atoms with van der Waals surface area (Å²) in [6.45, 7) is 8.46. The molecule has 3 unspecified atom stereocenters. The van der Waals surface area contributed by atoms with Crippen LogP contribution in [0.3, 0.4) is 0 Å². The number of likely N-dealkylation sites (N-methyl/N-ethyl adjacent to an activating group) is 1. The molecule has 0 radical (unpaired) electrons. The molecule has 0 bridgehead atoms. The van der Waals surface area contributed by atoms with Crippen LogP contribution in [0, 0.1) is 5.92 Å². The number of nitrogens with one attached hydrogen (secondary N) is 1. The summed E-state index contributed by atoms with van der Waals surface area (Å²) in [7, 11) is 1.72. The van der Waals surface area contributed by atoms with Crippen LogP contribution in [0.15, 0.2) is 18.2 Å². The van der Waals surface area contributed by atoms with Gasteiger partial charge in [0.05, 0.1) is 19.3 Å². The Balaban J connectivity index is 2.06. The van der Waals surface area contributed by atoms with Crippen LogP contribution in [0.25, 0.3) is 0 Å². The third-order valence-electron chi connectivity index (χ3n) is 4.28. The van der Waals surface area contributed by atoms with Crippen molar-refractivity contribution >= 4 is 0 Å². The molecule has 118 valence electrons. The normalized spacial score (nSPS) is 22.1. The maximum Gasteiger partial charge on any atom is 0.119 e. The molecular formula is C18H29NO2. The molecule has 3 heteroatoms. The van der Waals surface area contributed by atoms with E-state index in [-0.39, 0.29) is 12.1 Å². The zero-order valence-corrected chi connectivity index (χ0v) is 13.8. The van der Waals surface area contributed by atoms with Gasteiger partial charge in [-0.25, -0.2) is 0 Å². The van der Waals surface area contributed by atoms with Crippen molar-refractivity contribution in [2.24, 2.45) is 5.92 Å². The number of hydrogen-bond donors (Lipinski definition) is 1. The first kappa shape index (κ1) is 16.3. The van der Waals surface area contributed by atoms with E-state index >= 15 is 0 Å². The second kappa shape index (κ2) is 7.81. The fourth-order valence-electron chi connectivity index (χ4n) is 3.19. The molecule has 3 atom stereocenters. The number of rotatable bonds is 8. The zero-order chi connectivity index (χ0) is 15.2. The first-order chi connectivity index (χ1) is 10.2.